The fourth-order valence-electron chi connectivity index (χ4n) is 9.07. The van der Waals surface area contributed by atoms with Gasteiger partial charge in [-0.1, -0.05) is 18.6 Å². The third-order valence-corrected chi connectivity index (χ3v) is 13.0. The number of hydrogen-bond donors (Lipinski definition) is 7. The zero-order valence-corrected chi connectivity index (χ0v) is 30.3. The number of thioether (sulfide) groups is 1. The molecule has 6 heterocycles. The maximum Gasteiger partial charge on any atom is 0.320 e. The highest BCUT2D eigenvalue weighted by Gasteiger charge is 2.75. The summed E-state index contributed by atoms with van der Waals surface area (Å²) < 4.78 is 0. The number of nitrogens with one attached hydrogen (secondary N) is 3. The predicted octanol–water partition coefficient (Wildman–Crippen LogP) is 1.49. The van der Waals surface area contributed by atoms with Crippen LogP contribution in [0.3, 0.4) is 0 Å². The van der Waals surface area contributed by atoms with Crippen LogP contribution in [0, 0.1) is 10.8 Å². The molecule has 8 atom stereocenters. The summed E-state index contributed by atoms with van der Waals surface area (Å²) in [4.78, 5) is 75.9. The molecule has 4 aliphatic rings. The molecule has 3 amide bonds. The number of unbranched alkanes of at least 4 members (excludes halogenated alkanes) is 2. The second kappa shape index (κ2) is 16.0. The molecule has 0 spiro atoms. The Labute approximate surface area is 311 Å². The van der Waals surface area contributed by atoms with E-state index in [2.05, 4.69) is 25.9 Å². The summed E-state index contributed by atoms with van der Waals surface area (Å²) >= 11 is 1.83. The van der Waals surface area contributed by atoms with Crippen LogP contribution in [-0.4, -0.2) is 132 Å². The number of piperidine rings is 2. The van der Waals surface area contributed by atoms with Crippen LogP contribution in [0.5, 0.6) is 0 Å². The fourth-order valence-corrected chi connectivity index (χ4v) is 10.6. The molecule has 286 valence electrons. The average molecular weight is 754 g/mol. The number of fused-ring (bicyclic) bond motifs is 3. The summed E-state index contributed by atoms with van der Waals surface area (Å²) in [6, 6.07) is 6.46. The molecule has 17 heteroatoms. The van der Waals surface area contributed by atoms with Gasteiger partial charge in [0.2, 0.25) is 5.91 Å². The number of amides is 3. The molecule has 0 radical (unpaired) electrons. The van der Waals surface area contributed by atoms with Crippen molar-refractivity contribution in [3.8, 4) is 0 Å². The van der Waals surface area contributed by atoms with Gasteiger partial charge >= 0.3 is 23.9 Å². The van der Waals surface area contributed by atoms with E-state index in [0.717, 1.165) is 18.6 Å². The van der Waals surface area contributed by atoms with Gasteiger partial charge in [-0.2, -0.15) is 11.8 Å². The fraction of sp³-hybridized carbons (Fsp3) is 0.583. The van der Waals surface area contributed by atoms with E-state index in [-0.39, 0.29) is 41.8 Å². The van der Waals surface area contributed by atoms with Crippen LogP contribution in [0.4, 0.5) is 4.79 Å². The van der Waals surface area contributed by atoms with Crippen LogP contribution in [0.25, 0.3) is 0 Å². The Morgan fingerprint density at radius 2 is 1.55 bits per heavy atom. The molecule has 2 aromatic rings. The highest BCUT2D eigenvalue weighted by atomic mass is 32.2. The van der Waals surface area contributed by atoms with E-state index in [9.17, 15) is 44.4 Å². The molecule has 4 saturated heterocycles. The van der Waals surface area contributed by atoms with Crippen molar-refractivity contribution >= 4 is 41.6 Å². The average Bonchev–Trinajstić information content (AvgIpc) is 3.68. The van der Waals surface area contributed by atoms with Gasteiger partial charge in [-0.25, -0.2) is 4.79 Å². The zero-order chi connectivity index (χ0) is 37.9. The number of aliphatic hydroxyl groups excluding tert-OH is 1. The van der Waals surface area contributed by atoms with E-state index in [1.165, 1.54) is 17.3 Å². The van der Waals surface area contributed by atoms with Crippen molar-refractivity contribution in [1.82, 2.24) is 35.7 Å². The van der Waals surface area contributed by atoms with E-state index in [1.54, 1.807) is 48.3 Å². The molecular weight excluding hydrogens is 707 g/mol. The van der Waals surface area contributed by atoms with Gasteiger partial charge in [0, 0.05) is 49.5 Å². The first-order valence-electron chi connectivity index (χ1n) is 18.0. The van der Waals surface area contributed by atoms with Crippen molar-refractivity contribution in [3.63, 3.8) is 0 Å². The molecule has 0 aromatic carbocycles. The lowest BCUT2D eigenvalue weighted by molar-refractivity contribution is -0.250. The van der Waals surface area contributed by atoms with Crippen molar-refractivity contribution in [2.24, 2.45) is 10.8 Å². The van der Waals surface area contributed by atoms with Crippen LogP contribution in [-0.2, 0) is 19.2 Å². The Kier molecular flexibility index (Phi) is 11.6. The van der Waals surface area contributed by atoms with Crippen molar-refractivity contribution in [3.05, 3.63) is 60.2 Å². The molecule has 53 heavy (non-hydrogen) atoms. The van der Waals surface area contributed by atoms with Crippen molar-refractivity contribution < 1.29 is 44.4 Å². The molecule has 4 aliphatic heterocycles. The number of urea groups is 1. The van der Waals surface area contributed by atoms with Gasteiger partial charge in [-0.3, -0.25) is 38.9 Å². The highest BCUT2D eigenvalue weighted by Crippen LogP contribution is 2.62. The third-order valence-electron chi connectivity index (χ3n) is 11.5. The monoisotopic (exact) mass is 753 g/mol. The number of aliphatic carboxylic acids is 3. The van der Waals surface area contributed by atoms with Crippen LogP contribution in [0.2, 0.25) is 0 Å². The largest absolute Gasteiger partial charge is 0.481 e. The summed E-state index contributed by atoms with van der Waals surface area (Å²) in [6.07, 6.45) is 4.68. The molecule has 2 bridgehead atoms. The minimum atomic E-state index is -2.19. The quantitative estimate of drug-likeness (QED) is 0.0951. The Morgan fingerprint density at radius 1 is 0.925 bits per heavy atom. The summed E-state index contributed by atoms with van der Waals surface area (Å²) in [7, 11) is 1.59. The normalized spacial score (nSPS) is 31.5. The first-order valence-corrected chi connectivity index (χ1v) is 19.1. The number of aliphatic hydroxyl groups is 1. The number of rotatable bonds is 16. The first kappa shape index (κ1) is 38.4. The summed E-state index contributed by atoms with van der Waals surface area (Å²) in [6.45, 7) is -0.580. The molecule has 0 aliphatic carbocycles. The van der Waals surface area contributed by atoms with E-state index in [0.29, 0.717) is 37.5 Å². The molecule has 7 N–H and O–H groups in total. The van der Waals surface area contributed by atoms with Crippen LogP contribution in [0.15, 0.2) is 48.8 Å². The number of aromatic nitrogens is 2. The van der Waals surface area contributed by atoms with Crippen LogP contribution >= 0.6 is 11.8 Å². The van der Waals surface area contributed by atoms with Crippen molar-refractivity contribution in [1.29, 1.82) is 0 Å². The SMILES string of the molecule is CN1C(c2ccccn2)C2(C(=O)O)CN([C@@H](CCCCNC(=O)CCCCC3SCC4NC(=O)NC43)C(=O)O)CC(C(=O)O)(C1c1ccccn1)C2O. The van der Waals surface area contributed by atoms with Gasteiger partial charge < -0.3 is 36.4 Å². The minimum absolute atomic E-state index is 0.0532. The molecular formula is C36H47N7O9S. The van der Waals surface area contributed by atoms with Crippen LogP contribution in [0.1, 0.15) is 68.4 Å². The number of hydrogen-bond acceptors (Lipinski definition) is 11. The highest BCUT2D eigenvalue weighted by molar-refractivity contribution is 8.00. The maximum atomic E-state index is 13.5. The third kappa shape index (κ3) is 7.18. The van der Waals surface area contributed by atoms with Gasteiger partial charge in [0.05, 0.1) is 41.7 Å². The van der Waals surface area contributed by atoms with Gasteiger partial charge in [0.25, 0.3) is 0 Å². The topological polar surface area (TPSA) is 235 Å². The maximum absolute atomic E-state index is 13.5. The molecule has 2 aromatic heterocycles. The van der Waals surface area contributed by atoms with E-state index in [1.807, 2.05) is 11.8 Å². The Hall–Kier alpha value is -4.32. The second-order valence-corrected chi connectivity index (χ2v) is 15.8. The minimum Gasteiger partial charge on any atom is -0.481 e. The number of carboxylic acid groups (broad SMARTS) is 3. The number of carbonyl (C=O) groups is 5. The lowest BCUT2D eigenvalue weighted by Crippen LogP contribution is -2.78. The lowest BCUT2D eigenvalue weighted by Gasteiger charge is -2.64. The summed E-state index contributed by atoms with van der Waals surface area (Å²) in [5, 5.41) is 53.7. The van der Waals surface area contributed by atoms with Crippen molar-refractivity contribution in [2.75, 3.05) is 32.4 Å². The summed E-state index contributed by atoms with van der Waals surface area (Å²) in [5.41, 5.74) is -3.81. The van der Waals surface area contributed by atoms with Gasteiger partial charge in [-0.05, 0) is 63.4 Å². The molecule has 7 unspecified atom stereocenters. The van der Waals surface area contributed by atoms with E-state index in [4.69, 9.17) is 0 Å². The number of carbonyl (C=O) groups excluding carboxylic acids is 2. The standard InChI is InChI=1S/C36H47N7O9S/c1-42-28(21-10-4-7-15-37-21)35(32(48)49)19-43(20-36(31(35)47,33(50)51)29(42)22-11-5-8-16-38-22)24(30(45)46)12-6-9-17-39-26(44)14-3-2-13-25-27-23(18-53-25)40-34(52)41-27/h4-5,7-8,10-11,15-16,23-25,27-29,31,47H,2-3,6,9,12-14,17-20H2,1H3,(H,39,44)(H,45,46)(H,48,49)(H,50,51)(H2,40,41,52)/t23?,24-,25?,27?,28?,29?,31?,35?,36?/m0/s1. The van der Waals surface area contributed by atoms with Gasteiger partial charge in [0.15, 0.2) is 0 Å². The molecule has 4 fully saturated rings. The second-order valence-electron chi connectivity index (χ2n) is 14.5. The van der Waals surface area contributed by atoms with Crippen molar-refractivity contribution in [2.45, 2.75) is 86.5 Å². The Balaban J connectivity index is 1.13. The molecule has 0 saturated carbocycles. The van der Waals surface area contributed by atoms with Gasteiger partial charge in [-0.15, -0.1) is 0 Å². The molecule has 6 rings (SSSR count). The zero-order valence-electron chi connectivity index (χ0n) is 29.5. The van der Waals surface area contributed by atoms with Crippen LogP contribution < -0.4 is 16.0 Å². The summed E-state index contributed by atoms with van der Waals surface area (Å²) in [5.74, 6) is -3.42. The number of pyridine rings is 2. The Bertz CT molecular complexity index is 1600. The van der Waals surface area contributed by atoms with Gasteiger partial charge in [0.1, 0.15) is 16.9 Å². The first-order chi connectivity index (χ1) is 25.4. The predicted molar refractivity (Wildman–Crippen MR) is 192 cm³/mol. The van der Waals surface area contributed by atoms with E-state index < -0.39 is 66.1 Å². The van der Waals surface area contributed by atoms with E-state index >= 15 is 0 Å². The molecule has 16 nitrogen and oxygen atoms in total. The number of carboxylic acids is 3. The number of nitrogens with zero attached hydrogens (tertiary/aromatic N) is 4. The smallest absolute Gasteiger partial charge is 0.320 e. The number of likely N-dealkylation sites (tertiary alicyclic amines) is 2. The Morgan fingerprint density at radius 3 is 2.09 bits per heavy atom. The lowest BCUT2D eigenvalue weighted by atomic mass is 9.53.